The Kier molecular flexibility index (Phi) is 4.24. The highest BCUT2D eigenvalue weighted by Gasteiger charge is 2.26. The SMILES string of the molecule is COC1CCCC(n2nc(C)c(CC(=O)O)c2C)C1. The van der Waals surface area contributed by atoms with Crippen LogP contribution in [0.1, 0.15) is 48.7 Å². The van der Waals surface area contributed by atoms with Gasteiger partial charge in [0, 0.05) is 18.4 Å². The third-order valence-corrected chi connectivity index (χ3v) is 4.08. The zero-order valence-corrected chi connectivity index (χ0v) is 11.8. The summed E-state index contributed by atoms with van der Waals surface area (Å²) in [6, 6.07) is 0.333. The molecule has 1 N–H and O–H groups in total. The standard InChI is InChI=1S/C14H22N2O3/c1-9-13(8-14(17)18)10(2)16(15-9)11-5-4-6-12(7-11)19-3/h11-12H,4-8H2,1-3H3,(H,17,18). The van der Waals surface area contributed by atoms with Crippen LogP contribution >= 0.6 is 0 Å². The second kappa shape index (κ2) is 5.74. The van der Waals surface area contributed by atoms with Gasteiger partial charge in [0.15, 0.2) is 0 Å². The average Bonchev–Trinajstić information content (AvgIpc) is 2.66. The third-order valence-electron chi connectivity index (χ3n) is 4.08. The smallest absolute Gasteiger partial charge is 0.307 e. The summed E-state index contributed by atoms with van der Waals surface area (Å²) >= 11 is 0. The van der Waals surface area contributed by atoms with Crippen molar-refractivity contribution in [1.29, 1.82) is 0 Å². The number of carboxylic acids is 1. The van der Waals surface area contributed by atoms with Gasteiger partial charge in [0.25, 0.3) is 0 Å². The zero-order chi connectivity index (χ0) is 14.0. The minimum atomic E-state index is -0.802. The first-order valence-corrected chi connectivity index (χ1v) is 6.82. The summed E-state index contributed by atoms with van der Waals surface area (Å²) in [6.07, 6.45) is 4.65. The van der Waals surface area contributed by atoms with Crippen LogP contribution in [-0.4, -0.2) is 34.1 Å². The molecule has 2 atom stereocenters. The number of aliphatic carboxylic acids is 1. The Morgan fingerprint density at radius 2 is 2.21 bits per heavy atom. The molecule has 0 aliphatic heterocycles. The van der Waals surface area contributed by atoms with Crippen LogP contribution < -0.4 is 0 Å². The number of rotatable bonds is 4. The molecule has 0 aromatic carbocycles. The van der Waals surface area contributed by atoms with Crippen LogP contribution in [0.25, 0.3) is 0 Å². The van der Waals surface area contributed by atoms with E-state index >= 15 is 0 Å². The van der Waals surface area contributed by atoms with Crippen molar-refractivity contribution < 1.29 is 14.6 Å². The lowest BCUT2D eigenvalue weighted by Crippen LogP contribution is -2.25. The first-order chi connectivity index (χ1) is 9.02. The van der Waals surface area contributed by atoms with Gasteiger partial charge in [0.05, 0.1) is 24.3 Å². The highest BCUT2D eigenvalue weighted by molar-refractivity contribution is 5.70. The normalized spacial score (nSPS) is 23.5. The highest BCUT2D eigenvalue weighted by atomic mass is 16.5. The van der Waals surface area contributed by atoms with Crippen molar-refractivity contribution in [3.05, 3.63) is 17.0 Å². The van der Waals surface area contributed by atoms with Crippen molar-refractivity contribution in [3.8, 4) is 0 Å². The van der Waals surface area contributed by atoms with Gasteiger partial charge >= 0.3 is 5.97 Å². The molecular formula is C14H22N2O3. The Bertz CT molecular complexity index is 468. The number of aromatic nitrogens is 2. The average molecular weight is 266 g/mol. The van der Waals surface area contributed by atoms with Gasteiger partial charge in [-0.15, -0.1) is 0 Å². The molecule has 1 aliphatic rings. The topological polar surface area (TPSA) is 64.4 Å². The number of hydrogen-bond acceptors (Lipinski definition) is 3. The molecule has 5 heteroatoms. The quantitative estimate of drug-likeness (QED) is 0.908. The number of hydrogen-bond donors (Lipinski definition) is 1. The lowest BCUT2D eigenvalue weighted by Gasteiger charge is -2.29. The molecule has 1 fully saturated rings. The summed E-state index contributed by atoms with van der Waals surface area (Å²) < 4.78 is 7.46. The van der Waals surface area contributed by atoms with Crippen molar-refractivity contribution in [2.45, 2.75) is 58.1 Å². The third kappa shape index (κ3) is 2.97. The van der Waals surface area contributed by atoms with E-state index in [0.29, 0.717) is 12.1 Å². The second-order valence-corrected chi connectivity index (χ2v) is 5.34. The Morgan fingerprint density at radius 1 is 1.47 bits per heavy atom. The maximum atomic E-state index is 10.9. The van der Waals surface area contributed by atoms with Crippen molar-refractivity contribution in [2.75, 3.05) is 7.11 Å². The van der Waals surface area contributed by atoms with Gasteiger partial charge in [0.2, 0.25) is 0 Å². The zero-order valence-electron chi connectivity index (χ0n) is 11.8. The van der Waals surface area contributed by atoms with Crippen molar-refractivity contribution in [2.24, 2.45) is 0 Å². The molecule has 0 spiro atoms. The predicted octanol–water partition coefficient (Wildman–Crippen LogP) is 2.26. The number of aryl methyl sites for hydroxylation is 1. The minimum absolute atomic E-state index is 0.0537. The molecule has 1 aliphatic carbocycles. The van der Waals surface area contributed by atoms with Crippen LogP contribution in [0.3, 0.4) is 0 Å². The van der Waals surface area contributed by atoms with Crippen molar-refractivity contribution in [3.63, 3.8) is 0 Å². The second-order valence-electron chi connectivity index (χ2n) is 5.34. The Balaban J connectivity index is 2.22. The minimum Gasteiger partial charge on any atom is -0.481 e. The van der Waals surface area contributed by atoms with E-state index < -0.39 is 5.97 Å². The summed E-state index contributed by atoms with van der Waals surface area (Å²) in [7, 11) is 1.75. The molecule has 2 unspecified atom stereocenters. The first kappa shape index (κ1) is 14.1. The molecule has 0 amide bonds. The number of methoxy groups -OCH3 is 1. The van der Waals surface area contributed by atoms with E-state index in [9.17, 15) is 4.79 Å². The maximum Gasteiger partial charge on any atom is 0.307 e. The fourth-order valence-corrected chi connectivity index (χ4v) is 3.02. The molecule has 0 bridgehead atoms. The molecule has 1 heterocycles. The van der Waals surface area contributed by atoms with Crippen LogP contribution in [0.4, 0.5) is 0 Å². The van der Waals surface area contributed by atoms with Crippen LogP contribution in [0.2, 0.25) is 0 Å². The monoisotopic (exact) mass is 266 g/mol. The fraction of sp³-hybridized carbons (Fsp3) is 0.714. The van der Waals surface area contributed by atoms with Crippen LogP contribution in [0.15, 0.2) is 0 Å². The fourth-order valence-electron chi connectivity index (χ4n) is 3.02. The van der Waals surface area contributed by atoms with Gasteiger partial charge in [-0.3, -0.25) is 9.48 Å². The number of carboxylic acid groups (broad SMARTS) is 1. The molecule has 2 rings (SSSR count). The maximum absolute atomic E-state index is 10.9. The van der Waals surface area contributed by atoms with Crippen molar-refractivity contribution in [1.82, 2.24) is 9.78 Å². The first-order valence-electron chi connectivity index (χ1n) is 6.82. The lowest BCUT2D eigenvalue weighted by atomic mass is 9.92. The number of nitrogens with zero attached hydrogens (tertiary/aromatic N) is 2. The van der Waals surface area contributed by atoms with Gasteiger partial charge in [-0.05, 0) is 39.5 Å². The molecule has 0 radical (unpaired) electrons. The van der Waals surface area contributed by atoms with Crippen LogP contribution in [0, 0.1) is 13.8 Å². The Labute approximate surface area is 113 Å². The van der Waals surface area contributed by atoms with E-state index in [1.807, 2.05) is 18.5 Å². The summed E-state index contributed by atoms with van der Waals surface area (Å²) in [6.45, 7) is 3.85. The Morgan fingerprint density at radius 3 is 2.84 bits per heavy atom. The van der Waals surface area contributed by atoms with E-state index in [0.717, 1.165) is 42.6 Å². The molecule has 1 aromatic heterocycles. The molecule has 1 aromatic rings. The molecule has 106 valence electrons. The van der Waals surface area contributed by atoms with Gasteiger partial charge < -0.3 is 9.84 Å². The largest absolute Gasteiger partial charge is 0.481 e. The van der Waals surface area contributed by atoms with Gasteiger partial charge in [-0.1, -0.05) is 0 Å². The summed E-state index contributed by atoms with van der Waals surface area (Å²) in [4.78, 5) is 10.9. The van der Waals surface area contributed by atoms with E-state index in [1.165, 1.54) is 0 Å². The van der Waals surface area contributed by atoms with Gasteiger partial charge in [0.1, 0.15) is 0 Å². The van der Waals surface area contributed by atoms with E-state index in [2.05, 4.69) is 5.10 Å². The predicted molar refractivity (Wildman–Crippen MR) is 71.3 cm³/mol. The van der Waals surface area contributed by atoms with Gasteiger partial charge in [-0.2, -0.15) is 5.10 Å². The lowest BCUT2D eigenvalue weighted by molar-refractivity contribution is -0.136. The van der Waals surface area contributed by atoms with E-state index in [4.69, 9.17) is 9.84 Å². The highest BCUT2D eigenvalue weighted by Crippen LogP contribution is 2.31. The van der Waals surface area contributed by atoms with Crippen molar-refractivity contribution >= 4 is 5.97 Å². The van der Waals surface area contributed by atoms with E-state index in [-0.39, 0.29) is 6.42 Å². The number of carbonyl (C=O) groups is 1. The molecule has 5 nitrogen and oxygen atoms in total. The van der Waals surface area contributed by atoms with Crippen LogP contribution in [0.5, 0.6) is 0 Å². The molecule has 19 heavy (non-hydrogen) atoms. The molecular weight excluding hydrogens is 244 g/mol. The molecule has 1 saturated carbocycles. The Hall–Kier alpha value is -1.36. The number of ether oxygens (including phenoxy) is 1. The van der Waals surface area contributed by atoms with Gasteiger partial charge in [-0.25, -0.2) is 0 Å². The summed E-state index contributed by atoms with van der Waals surface area (Å²) in [5.41, 5.74) is 2.67. The van der Waals surface area contributed by atoms with E-state index in [1.54, 1.807) is 7.11 Å². The summed E-state index contributed by atoms with van der Waals surface area (Å²) in [5.74, 6) is -0.802. The molecule has 0 saturated heterocycles. The summed E-state index contributed by atoms with van der Waals surface area (Å²) in [5, 5.41) is 13.5. The van der Waals surface area contributed by atoms with Crippen LogP contribution in [-0.2, 0) is 16.0 Å².